The van der Waals surface area contributed by atoms with Gasteiger partial charge >= 0.3 is 0 Å². The van der Waals surface area contributed by atoms with Gasteiger partial charge in [0.1, 0.15) is 11.8 Å². The van der Waals surface area contributed by atoms with E-state index in [0.29, 0.717) is 5.69 Å². The highest BCUT2D eigenvalue weighted by molar-refractivity contribution is 5.32. The molecule has 1 heterocycles. The minimum absolute atomic E-state index is 0.250. The van der Waals surface area contributed by atoms with Gasteiger partial charge in [-0.1, -0.05) is 6.07 Å². The van der Waals surface area contributed by atoms with Gasteiger partial charge in [0.05, 0.1) is 0 Å². The van der Waals surface area contributed by atoms with E-state index in [0.717, 1.165) is 5.56 Å². The minimum atomic E-state index is -0.250. The first kappa shape index (κ1) is 10.1. The molecule has 0 atom stereocenters. The molecule has 1 aromatic heterocycles. The highest BCUT2D eigenvalue weighted by atomic mass is 16.3. The van der Waals surface area contributed by atoms with E-state index in [9.17, 15) is 0 Å². The van der Waals surface area contributed by atoms with E-state index in [1.165, 1.54) is 0 Å². The average Bonchev–Trinajstić information content (AvgIpc) is 2.07. The Kier molecular flexibility index (Phi) is 4.94. The molecule has 0 fully saturated rings. The maximum atomic E-state index is 8.36. The molecule has 1 rings (SSSR count). The standard InChI is InChI=1S/C7H6N2.CH2O2/c1-6-2-3-7(4-8)9-5-6;2-1-3/h2-3,5H,1H3;1H,(H,2,3). The highest BCUT2D eigenvalue weighted by Crippen LogP contribution is 1.95. The van der Waals surface area contributed by atoms with Crippen LogP contribution in [0.4, 0.5) is 0 Å². The summed E-state index contributed by atoms with van der Waals surface area (Å²) < 4.78 is 0. The Morgan fingerprint density at radius 1 is 1.67 bits per heavy atom. The molecule has 0 amide bonds. The molecule has 0 saturated heterocycles. The zero-order chi connectivity index (χ0) is 9.40. The molecule has 0 radical (unpaired) electrons. The van der Waals surface area contributed by atoms with Crippen molar-refractivity contribution in [2.45, 2.75) is 6.92 Å². The molecule has 0 saturated carbocycles. The molecule has 1 N–H and O–H groups in total. The number of nitrogens with zero attached hydrogens (tertiary/aromatic N) is 2. The van der Waals surface area contributed by atoms with Gasteiger partial charge in [-0.15, -0.1) is 0 Å². The SMILES string of the molecule is Cc1ccc(C#N)nc1.O=CO. The molecular weight excluding hydrogens is 156 g/mol. The second-order valence-electron chi connectivity index (χ2n) is 1.94. The minimum Gasteiger partial charge on any atom is -0.483 e. The van der Waals surface area contributed by atoms with E-state index in [1.54, 1.807) is 12.3 Å². The lowest BCUT2D eigenvalue weighted by atomic mass is 10.3. The van der Waals surface area contributed by atoms with E-state index in [-0.39, 0.29) is 6.47 Å². The molecule has 0 aromatic carbocycles. The summed E-state index contributed by atoms with van der Waals surface area (Å²) in [6, 6.07) is 5.51. The molecule has 0 spiro atoms. The van der Waals surface area contributed by atoms with Crippen LogP contribution < -0.4 is 0 Å². The number of nitriles is 1. The van der Waals surface area contributed by atoms with Crippen LogP contribution in [0.25, 0.3) is 0 Å². The Morgan fingerprint density at radius 2 is 2.25 bits per heavy atom. The van der Waals surface area contributed by atoms with Crippen LogP contribution in [0.1, 0.15) is 11.3 Å². The third-order valence-electron chi connectivity index (χ3n) is 1.03. The van der Waals surface area contributed by atoms with E-state index < -0.39 is 0 Å². The Hall–Kier alpha value is -1.89. The van der Waals surface area contributed by atoms with E-state index in [4.69, 9.17) is 15.2 Å². The second-order valence-corrected chi connectivity index (χ2v) is 1.94. The van der Waals surface area contributed by atoms with Gasteiger partial charge < -0.3 is 5.11 Å². The number of carboxylic acid groups (broad SMARTS) is 1. The fourth-order valence-electron chi connectivity index (χ4n) is 0.534. The van der Waals surface area contributed by atoms with Crippen molar-refractivity contribution in [3.05, 3.63) is 29.6 Å². The van der Waals surface area contributed by atoms with Crippen molar-refractivity contribution in [3.63, 3.8) is 0 Å². The largest absolute Gasteiger partial charge is 0.483 e. The van der Waals surface area contributed by atoms with Crippen molar-refractivity contribution in [3.8, 4) is 6.07 Å². The summed E-state index contributed by atoms with van der Waals surface area (Å²) in [6.07, 6.45) is 1.68. The van der Waals surface area contributed by atoms with Gasteiger partial charge in [-0.25, -0.2) is 4.98 Å². The zero-order valence-electron chi connectivity index (χ0n) is 6.56. The van der Waals surface area contributed by atoms with E-state index in [2.05, 4.69) is 4.98 Å². The first-order valence-electron chi connectivity index (χ1n) is 3.15. The van der Waals surface area contributed by atoms with Gasteiger partial charge in [0.15, 0.2) is 0 Å². The van der Waals surface area contributed by atoms with Crippen molar-refractivity contribution >= 4 is 6.47 Å². The predicted octanol–water partition coefficient (Wildman–Crippen LogP) is 0.962. The van der Waals surface area contributed by atoms with Gasteiger partial charge in [0, 0.05) is 6.20 Å². The Labute approximate surface area is 70.1 Å². The van der Waals surface area contributed by atoms with E-state index in [1.807, 2.05) is 19.1 Å². The van der Waals surface area contributed by atoms with Crippen molar-refractivity contribution in [2.24, 2.45) is 0 Å². The lowest BCUT2D eigenvalue weighted by Crippen LogP contribution is -1.80. The summed E-state index contributed by atoms with van der Waals surface area (Å²) in [5.41, 5.74) is 1.55. The number of rotatable bonds is 0. The van der Waals surface area contributed by atoms with E-state index >= 15 is 0 Å². The third kappa shape index (κ3) is 4.01. The molecule has 4 nitrogen and oxygen atoms in total. The Morgan fingerprint density at radius 3 is 2.58 bits per heavy atom. The normalized spacial score (nSPS) is 7.33. The number of aromatic nitrogens is 1. The number of hydrogen-bond donors (Lipinski definition) is 1. The lowest BCUT2D eigenvalue weighted by molar-refractivity contribution is -0.122. The molecule has 0 aliphatic rings. The molecule has 4 heteroatoms. The topological polar surface area (TPSA) is 74.0 Å². The summed E-state index contributed by atoms with van der Waals surface area (Å²) in [4.78, 5) is 12.2. The number of hydrogen-bond acceptors (Lipinski definition) is 3. The van der Waals surface area contributed by atoms with Crippen molar-refractivity contribution in [1.82, 2.24) is 4.98 Å². The Balaban J connectivity index is 0.000000354. The van der Waals surface area contributed by atoms with Crippen LogP contribution in [-0.4, -0.2) is 16.6 Å². The fraction of sp³-hybridized carbons (Fsp3) is 0.125. The summed E-state index contributed by atoms with van der Waals surface area (Å²) in [7, 11) is 0. The highest BCUT2D eigenvalue weighted by Gasteiger charge is 1.86. The maximum absolute atomic E-state index is 8.36. The van der Waals surface area contributed by atoms with Gasteiger partial charge in [0.25, 0.3) is 6.47 Å². The van der Waals surface area contributed by atoms with Crippen LogP contribution >= 0.6 is 0 Å². The summed E-state index contributed by atoms with van der Waals surface area (Å²) in [5.74, 6) is 0. The molecule has 62 valence electrons. The quantitative estimate of drug-likeness (QED) is 0.579. The monoisotopic (exact) mass is 164 g/mol. The van der Waals surface area contributed by atoms with Crippen molar-refractivity contribution in [1.29, 1.82) is 5.26 Å². The lowest BCUT2D eigenvalue weighted by Gasteiger charge is -1.87. The molecule has 0 aliphatic heterocycles. The smallest absolute Gasteiger partial charge is 0.290 e. The van der Waals surface area contributed by atoms with Crippen LogP contribution in [0.3, 0.4) is 0 Å². The summed E-state index contributed by atoms with van der Waals surface area (Å²) in [6.45, 7) is 1.69. The predicted molar refractivity (Wildman–Crippen MR) is 42.4 cm³/mol. The maximum Gasteiger partial charge on any atom is 0.290 e. The van der Waals surface area contributed by atoms with Crippen LogP contribution in [0, 0.1) is 18.3 Å². The zero-order valence-corrected chi connectivity index (χ0v) is 6.56. The van der Waals surface area contributed by atoms with Crippen LogP contribution in [0.15, 0.2) is 18.3 Å². The molecule has 1 aromatic rings. The fourth-order valence-corrected chi connectivity index (χ4v) is 0.534. The number of carbonyl (C=O) groups is 1. The molecule has 0 aliphatic carbocycles. The molecular formula is C8H8N2O2. The van der Waals surface area contributed by atoms with Gasteiger partial charge in [0.2, 0.25) is 0 Å². The second kappa shape index (κ2) is 5.86. The van der Waals surface area contributed by atoms with Crippen molar-refractivity contribution < 1.29 is 9.90 Å². The van der Waals surface area contributed by atoms with Crippen LogP contribution in [0.5, 0.6) is 0 Å². The van der Waals surface area contributed by atoms with Crippen LogP contribution in [-0.2, 0) is 4.79 Å². The van der Waals surface area contributed by atoms with Gasteiger partial charge in [-0.3, -0.25) is 4.79 Å². The average molecular weight is 164 g/mol. The van der Waals surface area contributed by atoms with Crippen LogP contribution in [0.2, 0.25) is 0 Å². The Bertz CT molecular complexity index is 274. The van der Waals surface area contributed by atoms with Crippen molar-refractivity contribution in [2.75, 3.05) is 0 Å². The van der Waals surface area contributed by atoms with Gasteiger partial charge in [-0.05, 0) is 18.6 Å². The number of aryl methyl sites for hydroxylation is 1. The summed E-state index contributed by atoms with van der Waals surface area (Å²) in [5, 5.41) is 15.2. The first-order chi connectivity index (χ1) is 5.74. The molecule has 0 bridgehead atoms. The summed E-state index contributed by atoms with van der Waals surface area (Å²) >= 11 is 0. The third-order valence-corrected chi connectivity index (χ3v) is 1.03. The number of pyridine rings is 1. The molecule has 0 unspecified atom stereocenters. The first-order valence-corrected chi connectivity index (χ1v) is 3.15. The van der Waals surface area contributed by atoms with Gasteiger partial charge in [-0.2, -0.15) is 5.26 Å². The molecule has 12 heavy (non-hydrogen) atoms.